The van der Waals surface area contributed by atoms with Gasteiger partial charge in [-0.25, -0.2) is 4.90 Å². The largest absolute Gasteiger partial charge is 0.277 e. The van der Waals surface area contributed by atoms with Crippen LogP contribution in [0.4, 0.5) is 5.69 Å². The topological polar surface area (TPSA) is 37.4 Å². The van der Waals surface area contributed by atoms with Gasteiger partial charge < -0.3 is 0 Å². The number of nitrogens with zero attached hydrogens (tertiary/aromatic N) is 1. The van der Waals surface area contributed by atoms with Crippen LogP contribution >= 0.6 is 11.6 Å². The van der Waals surface area contributed by atoms with Crippen molar-refractivity contribution in [1.29, 1.82) is 0 Å². The minimum atomic E-state index is -0.474. The normalized spacial score (nSPS) is 14.8. The number of imide groups is 1. The molecule has 0 saturated carbocycles. The third-order valence-electron chi connectivity index (χ3n) is 4.57. The lowest BCUT2D eigenvalue weighted by molar-refractivity contribution is -0.119. The van der Waals surface area contributed by atoms with Gasteiger partial charge in [-0.3, -0.25) is 9.59 Å². The van der Waals surface area contributed by atoms with Gasteiger partial charge in [0.15, 0.2) is 0 Å². The molecule has 3 rings (SSSR count). The Morgan fingerprint density at radius 1 is 0.750 bits per heavy atom. The van der Waals surface area contributed by atoms with Crippen LogP contribution in [0.3, 0.4) is 0 Å². The molecule has 0 radical (unpaired) electrons. The number of hydrogen-bond acceptors (Lipinski definition) is 2. The number of rotatable bonds is 2. The molecule has 0 saturated heterocycles. The molecule has 4 heteroatoms. The van der Waals surface area contributed by atoms with Crippen molar-refractivity contribution in [2.24, 2.45) is 0 Å². The van der Waals surface area contributed by atoms with E-state index in [-0.39, 0.29) is 16.5 Å². The van der Waals surface area contributed by atoms with Gasteiger partial charge in [-0.2, -0.15) is 0 Å². The summed E-state index contributed by atoms with van der Waals surface area (Å²) in [5.74, 6) is -0.852. The molecular weight excluding hydrogens is 322 g/mol. The molecule has 0 bridgehead atoms. The molecule has 2 aromatic carbocycles. The molecule has 2 aromatic rings. The Kier molecular flexibility index (Phi) is 4.06. The van der Waals surface area contributed by atoms with Gasteiger partial charge >= 0.3 is 0 Å². The fraction of sp³-hybridized carbons (Fsp3) is 0.200. The van der Waals surface area contributed by atoms with Crippen molar-refractivity contribution < 1.29 is 9.59 Å². The average Bonchev–Trinajstić information content (AvgIpc) is 2.75. The van der Waals surface area contributed by atoms with Crippen molar-refractivity contribution in [3.05, 3.63) is 69.2 Å². The lowest BCUT2D eigenvalue weighted by Crippen LogP contribution is -2.31. The second-order valence-corrected chi connectivity index (χ2v) is 6.58. The SMILES string of the molecule is Cc1ccc(C2=C(Cl)C(=O)N(c3ccc(C)c(C)c3)C2=O)cc1C. The predicted molar refractivity (Wildman–Crippen MR) is 97.1 cm³/mol. The Morgan fingerprint density at radius 3 is 1.92 bits per heavy atom. The summed E-state index contributed by atoms with van der Waals surface area (Å²) >= 11 is 6.23. The highest BCUT2D eigenvalue weighted by Gasteiger charge is 2.39. The van der Waals surface area contributed by atoms with E-state index in [0.29, 0.717) is 11.3 Å². The first kappa shape index (κ1) is 16.5. The Balaban J connectivity index is 2.07. The van der Waals surface area contributed by atoms with E-state index in [1.165, 1.54) is 0 Å². The Hall–Kier alpha value is -2.39. The van der Waals surface area contributed by atoms with E-state index in [4.69, 9.17) is 11.6 Å². The fourth-order valence-corrected chi connectivity index (χ4v) is 3.02. The van der Waals surface area contributed by atoms with Crippen LogP contribution in [0.2, 0.25) is 0 Å². The second kappa shape index (κ2) is 5.91. The van der Waals surface area contributed by atoms with Gasteiger partial charge in [-0.15, -0.1) is 0 Å². The molecule has 1 heterocycles. The van der Waals surface area contributed by atoms with Crippen molar-refractivity contribution >= 4 is 34.7 Å². The van der Waals surface area contributed by atoms with E-state index in [1.54, 1.807) is 6.07 Å². The molecule has 0 spiro atoms. The van der Waals surface area contributed by atoms with Gasteiger partial charge in [-0.1, -0.05) is 35.9 Å². The summed E-state index contributed by atoms with van der Waals surface area (Å²) < 4.78 is 0. The monoisotopic (exact) mass is 339 g/mol. The molecule has 0 aromatic heterocycles. The first-order valence-electron chi connectivity index (χ1n) is 7.74. The van der Waals surface area contributed by atoms with E-state index in [2.05, 4.69) is 0 Å². The summed E-state index contributed by atoms with van der Waals surface area (Å²) in [5.41, 5.74) is 5.78. The molecule has 24 heavy (non-hydrogen) atoms. The highest BCUT2D eigenvalue weighted by atomic mass is 35.5. The zero-order chi connectivity index (χ0) is 17.6. The van der Waals surface area contributed by atoms with E-state index >= 15 is 0 Å². The lowest BCUT2D eigenvalue weighted by atomic mass is 10.0. The molecule has 0 atom stereocenters. The Bertz CT molecular complexity index is 912. The van der Waals surface area contributed by atoms with Crippen molar-refractivity contribution in [2.45, 2.75) is 27.7 Å². The van der Waals surface area contributed by atoms with Gasteiger partial charge in [0.05, 0.1) is 11.3 Å². The van der Waals surface area contributed by atoms with E-state index < -0.39 is 5.91 Å². The molecule has 0 fully saturated rings. The maximum Gasteiger partial charge on any atom is 0.277 e. The van der Waals surface area contributed by atoms with Crippen LogP contribution in [-0.2, 0) is 9.59 Å². The molecule has 1 aliphatic rings. The highest BCUT2D eigenvalue weighted by molar-refractivity contribution is 6.60. The molecule has 0 N–H and O–H groups in total. The minimum Gasteiger partial charge on any atom is -0.268 e. The third-order valence-corrected chi connectivity index (χ3v) is 4.92. The Morgan fingerprint density at radius 2 is 1.33 bits per heavy atom. The number of halogens is 1. The van der Waals surface area contributed by atoms with Crippen LogP contribution in [0.5, 0.6) is 0 Å². The predicted octanol–water partition coefficient (Wildman–Crippen LogP) is 4.44. The minimum absolute atomic E-state index is 0.0264. The van der Waals surface area contributed by atoms with Crippen molar-refractivity contribution in [3.8, 4) is 0 Å². The molecule has 0 unspecified atom stereocenters. The zero-order valence-corrected chi connectivity index (χ0v) is 14.9. The van der Waals surface area contributed by atoms with Gasteiger partial charge in [-0.05, 0) is 67.6 Å². The van der Waals surface area contributed by atoms with Gasteiger partial charge in [0.2, 0.25) is 0 Å². The van der Waals surface area contributed by atoms with E-state index in [0.717, 1.165) is 27.2 Å². The maximum absolute atomic E-state index is 12.9. The van der Waals surface area contributed by atoms with Crippen LogP contribution in [-0.4, -0.2) is 11.8 Å². The van der Waals surface area contributed by atoms with Gasteiger partial charge in [0.25, 0.3) is 11.8 Å². The molecular formula is C20H18ClNO2. The lowest BCUT2D eigenvalue weighted by Gasteiger charge is -2.16. The molecule has 122 valence electrons. The summed E-state index contributed by atoms with van der Waals surface area (Å²) in [6, 6.07) is 11.1. The molecule has 3 nitrogen and oxygen atoms in total. The number of aryl methyl sites for hydroxylation is 4. The van der Waals surface area contributed by atoms with Crippen molar-refractivity contribution in [3.63, 3.8) is 0 Å². The smallest absolute Gasteiger partial charge is 0.268 e. The summed E-state index contributed by atoms with van der Waals surface area (Å²) in [7, 11) is 0. The molecule has 2 amide bonds. The first-order valence-corrected chi connectivity index (χ1v) is 8.12. The first-order chi connectivity index (χ1) is 11.3. The average molecular weight is 340 g/mol. The van der Waals surface area contributed by atoms with Crippen LogP contribution in [0.1, 0.15) is 27.8 Å². The van der Waals surface area contributed by atoms with Gasteiger partial charge in [0, 0.05) is 0 Å². The summed E-state index contributed by atoms with van der Waals surface area (Å²) in [6.07, 6.45) is 0. The number of carbonyl (C=O) groups is 2. The van der Waals surface area contributed by atoms with Crippen LogP contribution in [0, 0.1) is 27.7 Å². The fourth-order valence-electron chi connectivity index (χ4n) is 2.75. The highest BCUT2D eigenvalue weighted by Crippen LogP contribution is 2.35. The Labute approximate surface area is 146 Å². The zero-order valence-electron chi connectivity index (χ0n) is 14.1. The molecule has 1 aliphatic heterocycles. The van der Waals surface area contributed by atoms with Gasteiger partial charge in [0.1, 0.15) is 5.03 Å². The van der Waals surface area contributed by atoms with E-state index in [9.17, 15) is 9.59 Å². The molecule has 0 aliphatic carbocycles. The van der Waals surface area contributed by atoms with Crippen LogP contribution in [0.15, 0.2) is 41.4 Å². The number of carbonyl (C=O) groups excluding carboxylic acids is 2. The second-order valence-electron chi connectivity index (χ2n) is 6.20. The number of benzene rings is 2. The van der Waals surface area contributed by atoms with Crippen LogP contribution in [0.25, 0.3) is 5.57 Å². The number of amides is 2. The van der Waals surface area contributed by atoms with Crippen molar-refractivity contribution in [2.75, 3.05) is 4.90 Å². The number of anilines is 1. The summed E-state index contributed by atoms with van der Waals surface area (Å²) in [6.45, 7) is 7.90. The summed E-state index contributed by atoms with van der Waals surface area (Å²) in [5, 5.41) is -0.0264. The quantitative estimate of drug-likeness (QED) is 0.758. The van der Waals surface area contributed by atoms with Crippen LogP contribution < -0.4 is 4.90 Å². The summed E-state index contributed by atoms with van der Waals surface area (Å²) in [4.78, 5) is 26.6. The number of hydrogen-bond donors (Lipinski definition) is 0. The standard InChI is InChI=1S/C20H18ClNO2/c1-11-5-7-15(9-13(11)3)17-18(21)20(24)22(19(17)23)16-8-6-12(2)14(4)10-16/h5-10H,1-4H3. The van der Waals surface area contributed by atoms with E-state index in [1.807, 2.05) is 58.0 Å². The maximum atomic E-state index is 12.9. The third kappa shape index (κ3) is 2.55. The van der Waals surface area contributed by atoms with Crippen molar-refractivity contribution in [1.82, 2.24) is 0 Å².